The van der Waals surface area contributed by atoms with E-state index in [0.717, 1.165) is 24.4 Å². The first-order valence-corrected chi connectivity index (χ1v) is 9.38. The molecule has 2 amide bonds. The molecule has 1 aliphatic heterocycles. The van der Waals surface area contributed by atoms with Crippen molar-refractivity contribution in [3.8, 4) is 5.75 Å². The van der Waals surface area contributed by atoms with E-state index >= 15 is 0 Å². The molecule has 1 aromatic carbocycles. The molecule has 0 aromatic heterocycles. The van der Waals surface area contributed by atoms with Crippen LogP contribution in [0.25, 0.3) is 0 Å². The number of aryl methyl sites for hydroxylation is 1. The highest BCUT2D eigenvalue weighted by Crippen LogP contribution is 2.20. The molecule has 2 rings (SSSR count). The number of nitrogens with one attached hydrogen (secondary N) is 2. The Labute approximate surface area is 157 Å². The topological polar surface area (TPSA) is 62.8 Å². The lowest BCUT2D eigenvalue weighted by Crippen LogP contribution is -2.59. The predicted molar refractivity (Wildman–Crippen MR) is 104 cm³/mol. The third kappa shape index (κ3) is 6.50. The van der Waals surface area contributed by atoms with Crippen molar-refractivity contribution in [2.24, 2.45) is 0 Å². The molecule has 146 valence electrons. The van der Waals surface area contributed by atoms with Crippen molar-refractivity contribution in [3.63, 3.8) is 0 Å². The number of carbonyl (C=O) groups excluding carboxylic acids is 1. The summed E-state index contributed by atoms with van der Waals surface area (Å²) in [7, 11) is 0. The quantitative estimate of drug-likeness (QED) is 0.731. The lowest BCUT2D eigenvalue weighted by atomic mass is 10.0. The number of urea groups is 1. The van der Waals surface area contributed by atoms with Crippen LogP contribution in [0, 0.1) is 6.92 Å². The van der Waals surface area contributed by atoms with Crippen LogP contribution >= 0.6 is 0 Å². The summed E-state index contributed by atoms with van der Waals surface area (Å²) in [6, 6.07) is 7.71. The molecule has 0 aliphatic carbocycles. The molecule has 0 spiro atoms. The van der Waals surface area contributed by atoms with E-state index in [1.807, 2.05) is 31.2 Å². The Morgan fingerprint density at radius 2 is 1.96 bits per heavy atom. The van der Waals surface area contributed by atoms with Crippen LogP contribution in [-0.4, -0.2) is 61.5 Å². The molecule has 2 atom stereocenters. The summed E-state index contributed by atoms with van der Waals surface area (Å²) in [5.74, 6) is 0.823. The second-order valence-electron chi connectivity index (χ2n) is 7.75. The molecule has 2 N–H and O–H groups in total. The van der Waals surface area contributed by atoms with Crippen molar-refractivity contribution in [1.82, 2.24) is 15.5 Å². The Morgan fingerprint density at radius 3 is 2.62 bits per heavy atom. The zero-order chi connectivity index (χ0) is 19.2. The first-order valence-electron chi connectivity index (χ1n) is 9.38. The summed E-state index contributed by atoms with van der Waals surface area (Å²) in [5.41, 5.74) is 1.03. The molecule has 6 heteroatoms. The number of carbonyl (C=O) groups is 1. The van der Waals surface area contributed by atoms with Crippen molar-refractivity contribution in [1.29, 1.82) is 0 Å². The molecule has 1 fully saturated rings. The molecule has 26 heavy (non-hydrogen) atoms. The molecule has 0 radical (unpaired) electrons. The molecule has 1 aromatic rings. The number of hydrogen-bond acceptors (Lipinski definition) is 4. The summed E-state index contributed by atoms with van der Waals surface area (Å²) >= 11 is 0. The first kappa shape index (κ1) is 20.5. The molecule has 1 saturated heterocycles. The number of hydrogen-bond donors (Lipinski definition) is 2. The van der Waals surface area contributed by atoms with Gasteiger partial charge < -0.3 is 20.1 Å². The third-order valence-corrected chi connectivity index (χ3v) is 4.60. The van der Waals surface area contributed by atoms with Gasteiger partial charge in [0, 0.05) is 25.2 Å². The van der Waals surface area contributed by atoms with Gasteiger partial charge in [-0.25, -0.2) is 4.79 Å². The number of morpholine rings is 1. The number of nitrogens with zero attached hydrogens (tertiary/aromatic N) is 1. The Morgan fingerprint density at radius 1 is 1.27 bits per heavy atom. The maximum atomic E-state index is 12.0. The van der Waals surface area contributed by atoms with Crippen molar-refractivity contribution in [2.75, 3.05) is 32.8 Å². The minimum absolute atomic E-state index is 0.123. The van der Waals surface area contributed by atoms with Gasteiger partial charge in [0.15, 0.2) is 0 Å². The average Bonchev–Trinajstić information content (AvgIpc) is 2.56. The fraction of sp³-hybridized carbons (Fsp3) is 0.650. The van der Waals surface area contributed by atoms with Gasteiger partial charge in [-0.3, -0.25) is 4.90 Å². The molecular weight excluding hydrogens is 330 g/mol. The van der Waals surface area contributed by atoms with Crippen LogP contribution in [-0.2, 0) is 4.74 Å². The fourth-order valence-corrected chi connectivity index (χ4v) is 3.18. The van der Waals surface area contributed by atoms with E-state index < -0.39 is 0 Å². The highest BCUT2D eigenvalue weighted by atomic mass is 16.5. The second kappa shape index (κ2) is 9.24. The predicted octanol–water partition coefficient (Wildman–Crippen LogP) is 2.56. The maximum absolute atomic E-state index is 12.0. The van der Waals surface area contributed by atoms with Crippen molar-refractivity contribution in [2.45, 2.75) is 52.4 Å². The largest absolute Gasteiger partial charge is 0.492 e. The van der Waals surface area contributed by atoms with Crippen LogP contribution in [0.5, 0.6) is 5.75 Å². The van der Waals surface area contributed by atoms with Crippen LogP contribution in [0.1, 0.15) is 33.3 Å². The minimum atomic E-state index is -0.166. The molecule has 0 saturated carbocycles. The van der Waals surface area contributed by atoms with Crippen LogP contribution in [0.2, 0.25) is 0 Å². The van der Waals surface area contributed by atoms with E-state index in [1.54, 1.807) is 0 Å². The zero-order valence-corrected chi connectivity index (χ0v) is 16.7. The van der Waals surface area contributed by atoms with Crippen LogP contribution in [0.3, 0.4) is 0 Å². The van der Waals surface area contributed by atoms with Gasteiger partial charge in [0.1, 0.15) is 12.4 Å². The van der Waals surface area contributed by atoms with Crippen molar-refractivity contribution in [3.05, 3.63) is 29.8 Å². The fourth-order valence-electron chi connectivity index (χ4n) is 3.18. The molecule has 1 heterocycles. The summed E-state index contributed by atoms with van der Waals surface area (Å²) in [6.45, 7) is 13.8. The molecular formula is C20H33N3O3. The van der Waals surface area contributed by atoms with E-state index in [-0.39, 0.29) is 23.8 Å². The second-order valence-corrected chi connectivity index (χ2v) is 7.75. The molecule has 0 bridgehead atoms. The lowest BCUT2D eigenvalue weighted by Gasteiger charge is -2.45. The zero-order valence-electron chi connectivity index (χ0n) is 16.7. The van der Waals surface area contributed by atoms with E-state index in [0.29, 0.717) is 19.7 Å². The molecule has 0 unspecified atom stereocenters. The highest BCUT2D eigenvalue weighted by molar-refractivity contribution is 5.73. The van der Waals surface area contributed by atoms with Crippen LogP contribution < -0.4 is 15.4 Å². The summed E-state index contributed by atoms with van der Waals surface area (Å²) in [4.78, 5) is 14.4. The van der Waals surface area contributed by atoms with Crippen LogP contribution in [0.15, 0.2) is 24.3 Å². The van der Waals surface area contributed by atoms with Gasteiger partial charge in [0.05, 0.1) is 18.8 Å². The van der Waals surface area contributed by atoms with Crippen LogP contribution in [0.4, 0.5) is 4.79 Å². The van der Waals surface area contributed by atoms with Gasteiger partial charge in [-0.15, -0.1) is 0 Å². The maximum Gasteiger partial charge on any atom is 0.314 e. The lowest BCUT2D eigenvalue weighted by molar-refractivity contribution is -0.0947. The summed E-state index contributed by atoms with van der Waals surface area (Å²) in [6.07, 6.45) is 0.427. The number of amides is 2. The normalized spacial score (nSPS) is 21.3. The minimum Gasteiger partial charge on any atom is -0.492 e. The SMILES string of the molecule is Cc1cccc(OCCNC(=O)NCC(C)(C)N2C[C@H](C)O[C@@H](C)C2)c1. The third-order valence-electron chi connectivity index (χ3n) is 4.60. The molecule has 6 nitrogen and oxygen atoms in total. The average molecular weight is 364 g/mol. The van der Waals surface area contributed by atoms with Crippen molar-refractivity contribution < 1.29 is 14.3 Å². The van der Waals surface area contributed by atoms with Gasteiger partial charge in [0.2, 0.25) is 0 Å². The van der Waals surface area contributed by atoms with E-state index in [2.05, 4.69) is 43.2 Å². The van der Waals surface area contributed by atoms with Crippen molar-refractivity contribution >= 4 is 6.03 Å². The van der Waals surface area contributed by atoms with Gasteiger partial charge >= 0.3 is 6.03 Å². The van der Waals surface area contributed by atoms with E-state index in [9.17, 15) is 4.79 Å². The molecule has 1 aliphatic rings. The number of benzene rings is 1. The Hall–Kier alpha value is -1.79. The number of ether oxygens (including phenoxy) is 2. The Kier molecular flexibility index (Phi) is 7.29. The monoisotopic (exact) mass is 363 g/mol. The Bertz CT molecular complexity index is 581. The van der Waals surface area contributed by atoms with Gasteiger partial charge in [-0.1, -0.05) is 12.1 Å². The van der Waals surface area contributed by atoms with Gasteiger partial charge in [-0.05, 0) is 52.3 Å². The first-order chi connectivity index (χ1) is 12.3. The summed E-state index contributed by atoms with van der Waals surface area (Å²) in [5, 5.41) is 5.81. The Balaban J connectivity index is 1.67. The highest BCUT2D eigenvalue weighted by Gasteiger charge is 2.33. The standard InChI is InChI=1S/C20H33N3O3/c1-15-7-6-8-18(11-15)25-10-9-21-19(24)22-14-20(4,5)23-12-16(2)26-17(3)13-23/h6-8,11,16-17H,9-10,12-14H2,1-5H3,(H2,21,22,24)/t16-,17-/m0/s1. The van der Waals surface area contributed by atoms with E-state index in [1.165, 1.54) is 0 Å². The van der Waals surface area contributed by atoms with Gasteiger partial charge in [0.25, 0.3) is 0 Å². The van der Waals surface area contributed by atoms with E-state index in [4.69, 9.17) is 9.47 Å². The van der Waals surface area contributed by atoms with Gasteiger partial charge in [-0.2, -0.15) is 0 Å². The number of rotatable bonds is 7. The summed E-state index contributed by atoms with van der Waals surface area (Å²) < 4.78 is 11.4. The smallest absolute Gasteiger partial charge is 0.314 e.